The molecule has 20 heavy (non-hydrogen) atoms. The summed E-state index contributed by atoms with van der Waals surface area (Å²) in [5, 5.41) is 0.847. The maximum absolute atomic E-state index is 12.1. The molecule has 0 aliphatic rings. The molecule has 108 valence electrons. The molecule has 0 aliphatic carbocycles. The molecule has 0 saturated carbocycles. The Kier molecular flexibility index (Phi) is 3.65. The molecule has 1 amide bonds. The predicted octanol–water partition coefficient (Wildman–Crippen LogP) is 1.42. The van der Waals surface area contributed by atoms with Crippen LogP contribution >= 0.6 is 0 Å². The number of rotatable bonds is 3. The molecule has 6 heteroatoms. The second kappa shape index (κ2) is 5.11. The Morgan fingerprint density at radius 2 is 1.95 bits per heavy atom. The maximum atomic E-state index is 12.1. The zero-order valence-electron chi connectivity index (χ0n) is 12.7. The lowest BCUT2D eigenvalue weighted by molar-refractivity contribution is -0.130. The Morgan fingerprint density at radius 1 is 1.30 bits per heavy atom. The molecule has 0 saturated heterocycles. The molecule has 0 bridgehead atoms. The number of amides is 1. The van der Waals surface area contributed by atoms with Crippen molar-refractivity contribution in [2.75, 3.05) is 19.3 Å². The molecule has 0 atom stereocenters. The number of hydrogen-bond acceptors (Lipinski definition) is 4. The number of nitrogen functional groups attached to an aromatic ring is 1. The Bertz CT molecular complexity index is 674. The Hall–Kier alpha value is -2.11. The number of likely N-dealkylation sites (N-methyl/N-ethyl adjacent to an activating group) is 1. The number of hydrogen-bond donors (Lipinski definition) is 1. The average molecular weight is 275 g/mol. The van der Waals surface area contributed by atoms with E-state index in [0.717, 1.165) is 22.3 Å². The zero-order valence-corrected chi connectivity index (χ0v) is 12.7. The number of nitrogens with two attached hydrogens (primary N) is 1. The number of aryl methyl sites for hydroxylation is 2. The Labute approximate surface area is 118 Å². The van der Waals surface area contributed by atoms with E-state index in [2.05, 4.69) is 9.97 Å². The van der Waals surface area contributed by atoms with Gasteiger partial charge in [0.15, 0.2) is 0 Å². The van der Waals surface area contributed by atoms with Crippen molar-refractivity contribution in [3.05, 3.63) is 17.1 Å². The van der Waals surface area contributed by atoms with Crippen molar-refractivity contribution in [1.82, 2.24) is 19.4 Å². The first-order valence-corrected chi connectivity index (χ1v) is 6.70. The fraction of sp³-hybridized carbons (Fsp3) is 0.500. The third-order valence-electron chi connectivity index (χ3n) is 3.80. The van der Waals surface area contributed by atoms with Gasteiger partial charge >= 0.3 is 0 Å². The highest BCUT2D eigenvalue weighted by Gasteiger charge is 2.18. The molecule has 2 rings (SSSR count). The van der Waals surface area contributed by atoms with Crippen LogP contribution in [0.1, 0.15) is 24.0 Å². The largest absolute Gasteiger partial charge is 0.383 e. The van der Waals surface area contributed by atoms with E-state index in [9.17, 15) is 4.79 Å². The lowest BCUT2D eigenvalue weighted by atomic mass is 10.2. The van der Waals surface area contributed by atoms with E-state index < -0.39 is 0 Å². The minimum atomic E-state index is 0.0577. The molecule has 2 aromatic heterocycles. The molecule has 6 nitrogen and oxygen atoms in total. The molecular formula is C14H21N5O. The van der Waals surface area contributed by atoms with E-state index >= 15 is 0 Å². The second-order valence-electron chi connectivity index (χ2n) is 5.06. The summed E-state index contributed by atoms with van der Waals surface area (Å²) >= 11 is 0. The van der Waals surface area contributed by atoms with E-state index in [1.54, 1.807) is 18.9 Å². The van der Waals surface area contributed by atoms with Gasteiger partial charge < -0.3 is 15.2 Å². The van der Waals surface area contributed by atoms with Crippen molar-refractivity contribution < 1.29 is 4.79 Å². The monoisotopic (exact) mass is 275 g/mol. The number of fused-ring (bicyclic) bond motifs is 1. The van der Waals surface area contributed by atoms with Crippen LogP contribution in [0.4, 0.5) is 5.82 Å². The second-order valence-corrected chi connectivity index (χ2v) is 5.06. The first kappa shape index (κ1) is 14.3. The highest BCUT2D eigenvalue weighted by Crippen LogP contribution is 2.27. The molecule has 0 aromatic carbocycles. The molecule has 0 spiro atoms. The van der Waals surface area contributed by atoms with Gasteiger partial charge in [-0.25, -0.2) is 9.97 Å². The molecule has 2 aromatic rings. The summed E-state index contributed by atoms with van der Waals surface area (Å²) in [6.45, 7) is 8.68. The molecule has 0 aliphatic heterocycles. The van der Waals surface area contributed by atoms with Gasteiger partial charge in [0, 0.05) is 19.3 Å². The maximum Gasteiger partial charge on any atom is 0.242 e. The quantitative estimate of drug-likeness (QED) is 0.919. The summed E-state index contributed by atoms with van der Waals surface area (Å²) in [5.41, 5.74) is 8.77. The van der Waals surface area contributed by atoms with Crippen LogP contribution in [0, 0.1) is 20.8 Å². The van der Waals surface area contributed by atoms with Crippen molar-refractivity contribution in [2.45, 2.75) is 34.2 Å². The van der Waals surface area contributed by atoms with Crippen molar-refractivity contribution in [1.29, 1.82) is 0 Å². The normalized spacial score (nSPS) is 11.1. The standard InChI is InChI=1S/C14H21N5O/c1-6-18(5)11(20)7-19-9(3)8(2)12-13(15)16-10(4)17-14(12)19/h6-7H2,1-5H3,(H2,15,16,17). The Balaban J connectivity index is 2.59. The third-order valence-corrected chi connectivity index (χ3v) is 3.80. The number of nitrogens with zero attached hydrogens (tertiary/aromatic N) is 4. The van der Waals surface area contributed by atoms with Crippen LogP contribution in [-0.2, 0) is 11.3 Å². The fourth-order valence-electron chi connectivity index (χ4n) is 2.30. The number of aromatic nitrogens is 3. The van der Waals surface area contributed by atoms with Crippen molar-refractivity contribution in [3.63, 3.8) is 0 Å². The minimum absolute atomic E-state index is 0.0577. The topological polar surface area (TPSA) is 77.0 Å². The lowest BCUT2D eigenvalue weighted by Crippen LogP contribution is -2.30. The van der Waals surface area contributed by atoms with Crippen molar-refractivity contribution >= 4 is 22.8 Å². The van der Waals surface area contributed by atoms with Crippen LogP contribution in [0.3, 0.4) is 0 Å². The van der Waals surface area contributed by atoms with Gasteiger partial charge in [-0.05, 0) is 33.3 Å². The minimum Gasteiger partial charge on any atom is -0.383 e. The van der Waals surface area contributed by atoms with Crippen LogP contribution in [0.5, 0.6) is 0 Å². The highest BCUT2D eigenvalue weighted by molar-refractivity contribution is 5.92. The zero-order chi connectivity index (χ0) is 15.0. The third kappa shape index (κ3) is 2.21. The molecule has 0 radical (unpaired) electrons. The van der Waals surface area contributed by atoms with Crippen LogP contribution in [0.25, 0.3) is 11.0 Å². The van der Waals surface area contributed by atoms with E-state index in [-0.39, 0.29) is 12.5 Å². The van der Waals surface area contributed by atoms with Crippen LogP contribution in [0.15, 0.2) is 0 Å². The molecular weight excluding hydrogens is 254 g/mol. The van der Waals surface area contributed by atoms with E-state index in [4.69, 9.17) is 5.73 Å². The number of anilines is 1. The van der Waals surface area contributed by atoms with Gasteiger partial charge in [-0.2, -0.15) is 0 Å². The van der Waals surface area contributed by atoms with Crippen molar-refractivity contribution in [3.8, 4) is 0 Å². The first-order valence-electron chi connectivity index (χ1n) is 6.70. The summed E-state index contributed by atoms with van der Waals surface area (Å²) in [7, 11) is 1.80. The average Bonchev–Trinajstić information content (AvgIpc) is 2.62. The summed E-state index contributed by atoms with van der Waals surface area (Å²) in [5.74, 6) is 1.15. The van der Waals surface area contributed by atoms with E-state index in [0.29, 0.717) is 18.2 Å². The molecule has 0 unspecified atom stereocenters. The summed E-state index contributed by atoms with van der Waals surface area (Å²) in [4.78, 5) is 22.5. The molecule has 2 N–H and O–H groups in total. The number of carbonyl (C=O) groups is 1. The molecule has 0 fully saturated rings. The smallest absolute Gasteiger partial charge is 0.242 e. The van der Waals surface area contributed by atoms with Crippen LogP contribution in [0.2, 0.25) is 0 Å². The van der Waals surface area contributed by atoms with Gasteiger partial charge in [0.05, 0.1) is 5.39 Å². The predicted molar refractivity (Wildman–Crippen MR) is 79.5 cm³/mol. The summed E-state index contributed by atoms with van der Waals surface area (Å²) in [6, 6.07) is 0. The van der Waals surface area contributed by atoms with Gasteiger partial charge in [0.2, 0.25) is 5.91 Å². The van der Waals surface area contributed by atoms with Gasteiger partial charge in [0.1, 0.15) is 23.8 Å². The summed E-state index contributed by atoms with van der Waals surface area (Å²) < 4.78 is 1.92. The van der Waals surface area contributed by atoms with Crippen LogP contribution < -0.4 is 5.73 Å². The van der Waals surface area contributed by atoms with Gasteiger partial charge in [-0.3, -0.25) is 4.79 Å². The van der Waals surface area contributed by atoms with Crippen LogP contribution in [-0.4, -0.2) is 38.9 Å². The lowest BCUT2D eigenvalue weighted by Gasteiger charge is -2.16. The number of carbonyl (C=O) groups excluding carboxylic acids is 1. The van der Waals surface area contributed by atoms with Crippen molar-refractivity contribution in [2.24, 2.45) is 0 Å². The van der Waals surface area contributed by atoms with Gasteiger partial charge in [-0.1, -0.05) is 0 Å². The highest BCUT2D eigenvalue weighted by atomic mass is 16.2. The van der Waals surface area contributed by atoms with Gasteiger partial charge in [-0.15, -0.1) is 0 Å². The summed E-state index contributed by atoms with van der Waals surface area (Å²) in [6.07, 6.45) is 0. The van der Waals surface area contributed by atoms with Gasteiger partial charge in [0.25, 0.3) is 0 Å². The fourth-order valence-corrected chi connectivity index (χ4v) is 2.30. The SMILES string of the molecule is CCN(C)C(=O)Cn1c(C)c(C)c2c(N)nc(C)nc21. The Morgan fingerprint density at radius 3 is 2.55 bits per heavy atom. The first-order chi connectivity index (χ1) is 9.36. The molecule has 2 heterocycles. The van der Waals surface area contributed by atoms with E-state index in [1.165, 1.54) is 0 Å². The van der Waals surface area contributed by atoms with E-state index in [1.807, 2.05) is 25.3 Å².